The number of alkyl halides is 9. The summed E-state index contributed by atoms with van der Waals surface area (Å²) >= 11 is 5.31. The number of carboxylic acids is 1. The number of hydrogen-bond acceptors (Lipinski definition) is 2. The van der Waals surface area contributed by atoms with Crippen LogP contribution in [0, 0.1) is 0 Å². The SMILES string of the molecule is O=C(O)c1ccc(OC(F)(F)C(F)(F)C(F)(F)C(F)(F)F)cc1Cl. The van der Waals surface area contributed by atoms with Gasteiger partial charge in [-0.3, -0.25) is 0 Å². The lowest BCUT2D eigenvalue weighted by molar-refractivity contribution is -0.428. The Morgan fingerprint density at radius 3 is 1.83 bits per heavy atom. The molecule has 0 bridgehead atoms. The molecule has 1 aromatic rings. The van der Waals surface area contributed by atoms with Crippen molar-refractivity contribution in [3.63, 3.8) is 0 Å². The van der Waals surface area contributed by atoms with Crippen LogP contribution in [0.1, 0.15) is 10.4 Å². The van der Waals surface area contributed by atoms with E-state index in [-0.39, 0.29) is 6.07 Å². The van der Waals surface area contributed by atoms with E-state index in [4.69, 9.17) is 16.7 Å². The van der Waals surface area contributed by atoms with E-state index in [9.17, 15) is 44.3 Å². The number of benzene rings is 1. The molecule has 0 aliphatic carbocycles. The molecule has 3 nitrogen and oxygen atoms in total. The minimum atomic E-state index is -7.10. The van der Waals surface area contributed by atoms with E-state index in [1.165, 1.54) is 0 Å². The summed E-state index contributed by atoms with van der Waals surface area (Å²) in [5.74, 6) is -17.1. The number of carbonyl (C=O) groups is 1. The van der Waals surface area contributed by atoms with Gasteiger partial charge in [0, 0.05) is 0 Å². The van der Waals surface area contributed by atoms with Gasteiger partial charge in [0.05, 0.1) is 10.6 Å². The highest BCUT2D eigenvalue weighted by molar-refractivity contribution is 6.33. The maximum absolute atomic E-state index is 13.2. The van der Waals surface area contributed by atoms with Gasteiger partial charge in [0.25, 0.3) is 0 Å². The van der Waals surface area contributed by atoms with Crippen LogP contribution in [0.5, 0.6) is 5.75 Å². The van der Waals surface area contributed by atoms with Gasteiger partial charge in [0.2, 0.25) is 0 Å². The monoisotopic (exact) mass is 390 g/mol. The number of halogens is 10. The average Bonchev–Trinajstić information content (AvgIpc) is 2.35. The first-order valence-electron chi connectivity index (χ1n) is 5.46. The Morgan fingerprint density at radius 2 is 1.46 bits per heavy atom. The molecule has 13 heteroatoms. The molecule has 1 aromatic carbocycles. The molecule has 0 saturated heterocycles. The van der Waals surface area contributed by atoms with E-state index < -0.39 is 46.4 Å². The highest BCUT2D eigenvalue weighted by atomic mass is 35.5. The Morgan fingerprint density at radius 1 is 0.958 bits per heavy atom. The molecule has 0 saturated carbocycles. The number of hydrogen-bond donors (Lipinski definition) is 1. The standard InChI is InChI=1S/C11H4ClF9O3/c12-6-3-4(1-2-5(6)7(22)23)24-11(20,21)9(15,16)8(13,14)10(17,18)19/h1-3H,(H,22,23). The summed E-state index contributed by atoms with van der Waals surface area (Å²) in [6, 6.07) is 1.06. The summed E-state index contributed by atoms with van der Waals surface area (Å²) in [5.41, 5.74) is -0.681. The molecule has 1 N–H and O–H groups in total. The molecule has 0 amide bonds. The van der Waals surface area contributed by atoms with Crippen molar-refractivity contribution in [1.29, 1.82) is 0 Å². The fourth-order valence-electron chi connectivity index (χ4n) is 1.31. The summed E-state index contributed by atoms with van der Waals surface area (Å²) in [7, 11) is 0. The highest BCUT2D eigenvalue weighted by Gasteiger charge is 2.83. The van der Waals surface area contributed by atoms with Crippen molar-refractivity contribution in [2.75, 3.05) is 0 Å². The normalized spacial score (nSPS) is 13.8. The van der Waals surface area contributed by atoms with Gasteiger partial charge in [0.1, 0.15) is 5.75 Å². The summed E-state index contributed by atoms with van der Waals surface area (Å²) in [4.78, 5) is 10.6. The summed E-state index contributed by atoms with van der Waals surface area (Å²) in [6.07, 6.45) is -13.3. The molecule has 0 heterocycles. The smallest absolute Gasteiger partial charge is 0.471 e. The van der Waals surface area contributed by atoms with E-state index in [1.54, 1.807) is 0 Å². The first kappa shape index (κ1) is 20.2. The molecule has 136 valence electrons. The molecule has 0 unspecified atom stereocenters. The maximum atomic E-state index is 13.2. The van der Waals surface area contributed by atoms with Gasteiger partial charge in [-0.25, -0.2) is 4.79 Å². The Balaban J connectivity index is 3.21. The fraction of sp³-hybridized carbons (Fsp3) is 0.364. The van der Waals surface area contributed by atoms with E-state index in [0.29, 0.717) is 12.1 Å². The highest BCUT2D eigenvalue weighted by Crippen LogP contribution is 2.53. The zero-order valence-corrected chi connectivity index (χ0v) is 11.5. The van der Waals surface area contributed by atoms with Crippen molar-refractivity contribution in [2.45, 2.75) is 24.1 Å². The van der Waals surface area contributed by atoms with Crippen LogP contribution in [0.4, 0.5) is 39.5 Å². The number of ether oxygens (including phenoxy) is 1. The lowest BCUT2D eigenvalue weighted by Gasteiger charge is -2.33. The number of carboxylic acid groups (broad SMARTS) is 1. The predicted molar refractivity (Wildman–Crippen MR) is 59.9 cm³/mol. The molecule has 1 rings (SSSR count). The third-order valence-corrected chi connectivity index (χ3v) is 2.85. The van der Waals surface area contributed by atoms with Gasteiger partial charge in [-0.1, -0.05) is 11.6 Å². The van der Waals surface area contributed by atoms with Gasteiger partial charge in [-0.05, 0) is 18.2 Å². The maximum Gasteiger partial charge on any atom is 0.471 e. The molecule has 0 aromatic heterocycles. The van der Waals surface area contributed by atoms with Crippen molar-refractivity contribution in [2.24, 2.45) is 0 Å². The largest absolute Gasteiger partial charge is 0.478 e. The van der Waals surface area contributed by atoms with Gasteiger partial charge in [0.15, 0.2) is 0 Å². The van der Waals surface area contributed by atoms with Crippen LogP contribution in [0.15, 0.2) is 18.2 Å². The van der Waals surface area contributed by atoms with Crippen molar-refractivity contribution >= 4 is 17.6 Å². The Bertz CT molecular complexity index is 642. The van der Waals surface area contributed by atoms with Crippen molar-refractivity contribution in [1.82, 2.24) is 0 Å². The number of aromatic carboxylic acids is 1. The molecule has 0 fully saturated rings. The van der Waals surface area contributed by atoms with Crippen LogP contribution in [0.2, 0.25) is 5.02 Å². The van der Waals surface area contributed by atoms with Crippen LogP contribution in [-0.2, 0) is 0 Å². The van der Waals surface area contributed by atoms with Crippen molar-refractivity contribution in [3.05, 3.63) is 28.8 Å². The zero-order chi connectivity index (χ0) is 19.1. The van der Waals surface area contributed by atoms with Gasteiger partial charge >= 0.3 is 30.1 Å². The molecule has 0 aliphatic rings. The zero-order valence-electron chi connectivity index (χ0n) is 10.8. The van der Waals surface area contributed by atoms with Crippen LogP contribution in [0.3, 0.4) is 0 Å². The molecular formula is C11H4ClF9O3. The molecule has 0 spiro atoms. The van der Waals surface area contributed by atoms with Crippen molar-refractivity contribution in [3.8, 4) is 5.75 Å². The molecule has 24 heavy (non-hydrogen) atoms. The number of rotatable bonds is 5. The Labute approximate surface area is 131 Å². The second kappa shape index (κ2) is 5.90. The fourth-order valence-corrected chi connectivity index (χ4v) is 1.56. The molecular weight excluding hydrogens is 387 g/mol. The van der Waals surface area contributed by atoms with Crippen LogP contribution >= 0.6 is 11.6 Å². The topological polar surface area (TPSA) is 46.5 Å². The molecule has 0 radical (unpaired) electrons. The van der Waals surface area contributed by atoms with E-state index in [0.717, 1.165) is 0 Å². The Kier molecular flexibility index (Phi) is 4.96. The lowest BCUT2D eigenvalue weighted by Crippen LogP contribution is -2.62. The first-order valence-corrected chi connectivity index (χ1v) is 5.84. The van der Waals surface area contributed by atoms with Crippen LogP contribution in [-0.4, -0.2) is 35.2 Å². The van der Waals surface area contributed by atoms with E-state index in [2.05, 4.69) is 4.74 Å². The molecule has 0 atom stereocenters. The average molecular weight is 391 g/mol. The van der Waals surface area contributed by atoms with E-state index >= 15 is 0 Å². The van der Waals surface area contributed by atoms with Crippen LogP contribution in [0.25, 0.3) is 0 Å². The second-order valence-electron chi connectivity index (χ2n) is 4.21. The molecule has 0 aliphatic heterocycles. The van der Waals surface area contributed by atoms with Crippen molar-refractivity contribution < 1.29 is 54.2 Å². The van der Waals surface area contributed by atoms with Gasteiger partial charge in [-0.2, -0.15) is 39.5 Å². The van der Waals surface area contributed by atoms with Gasteiger partial charge < -0.3 is 9.84 Å². The minimum Gasteiger partial charge on any atom is -0.478 e. The summed E-state index contributed by atoms with van der Waals surface area (Å²) < 4.78 is 117. The van der Waals surface area contributed by atoms with E-state index in [1.807, 2.05) is 0 Å². The van der Waals surface area contributed by atoms with Gasteiger partial charge in [-0.15, -0.1) is 0 Å². The Hall–Kier alpha value is -1.85. The minimum absolute atomic E-state index is 0.237. The quantitative estimate of drug-likeness (QED) is 0.732. The lowest BCUT2D eigenvalue weighted by atomic mass is 10.1. The summed E-state index contributed by atoms with van der Waals surface area (Å²) in [6.45, 7) is 0. The third-order valence-electron chi connectivity index (χ3n) is 2.53. The third kappa shape index (κ3) is 3.32. The summed E-state index contributed by atoms with van der Waals surface area (Å²) in [5, 5.41) is 7.79. The van der Waals surface area contributed by atoms with Crippen LogP contribution < -0.4 is 4.74 Å². The second-order valence-corrected chi connectivity index (χ2v) is 4.62. The first-order chi connectivity index (χ1) is 10.5. The predicted octanol–water partition coefficient (Wildman–Crippen LogP) is 4.84.